The number of nitrogens with zero attached hydrogens (tertiary/aromatic N) is 2. The number of ether oxygens (including phenoxy) is 2. The standard InChI is InChI=1S/C26H29FN2O4/c1-26(2,3)33-25(31)29-20-14-22(32-15-21(20)29)24(30)28-13-12-16-6-4-5-7-19(16)23(28)17-8-10-18(27)11-9-17/h4-11,20-23H,12-15H2,1-3H3/t20?,21-,22+,23-,29?/m0/s1. The number of rotatable bonds is 2. The molecule has 2 aromatic carbocycles. The van der Waals surface area contributed by atoms with Crippen molar-refractivity contribution < 1.29 is 23.5 Å². The molecule has 0 N–H and O–H groups in total. The lowest BCUT2D eigenvalue weighted by Gasteiger charge is -2.39. The van der Waals surface area contributed by atoms with Crippen molar-refractivity contribution in [1.29, 1.82) is 0 Å². The van der Waals surface area contributed by atoms with Crippen molar-refractivity contribution in [2.45, 2.75) is 63.4 Å². The molecule has 0 aliphatic carbocycles. The molecular formula is C26H29FN2O4. The van der Waals surface area contributed by atoms with Gasteiger partial charge in [0, 0.05) is 13.0 Å². The number of carbonyl (C=O) groups excluding carboxylic acids is 2. The highest BCUT2D eigenvalue weighted by Gasteiger charge is 2.57. The molecular weight excluding hydrogens is 423 g/mol. The molecule has 2 amide bonds. The van der Waals surface area contributed by atoms with E-state index in [2.05, 4.69) is 6.07 Å². The van der Waals surface area contributed by atoms with Crippen LogP contribution in [0.3, 0.4) is 0 Å². The van der Waals surface area contributed by atoms with Gasteiger partial charge in [0.25, 0.3) is 5.91 Å². The maximum absolute atomic E-state index is 13.7. The van der Waals surface area contributed by atoms with Crippen LogP contribution in [-0.2, 0) is 20.7 Å². The maximum Gasteiger partial charge on any atom is 0.411 e. The molecule has 3 aliphatic rings. The highest BCUT2D eigenvalue weighted by molar-refractivity contribution is 5.83. The summed E-state index contributed by atoms with van der Waals surface area (Å²) in [7, 11) is 0. The van der Waals surface area contributed by atoms with Gasteiger partial charge in [0.15, 0.2) is 0 Å². The van der Waals surface area contributed by atoms with Crippen LogP contribution in [0.5, 0.6) is 0 Å². The summed E-state index contributed by atoms with van der Waals surface area (Å²) in [5.74, 6) is -0.397. The van der Waals surface area contributed by atoms with Gasteiger partial charge in [0.05, 0.1) is 24.7 Å². The normalized spacial score (nSPS) is 26.3. The van der Waals surface area contributed by atoms with Gasteiger partial charge in [-0.1, -0.05) is 36.4 Å². The van der Waals surface area contributed by atoms with Crippen molar-refractivity contribution in [3.05, 3.63) is 71.0 Å². The molecule has 3 aliphatic heterocycles. The molecule has 0 aromatic heterocycles. The number of hydrogen-bond acceptors (Lipinski definition) is 4. The summed E-state index contributed by atoms with van der Waals surface area (Å²) in [6.45, 7) is 6.40. The first-order valence-corrected chi connectivity index (χ1v) is 11.5. The Morgan fingerprint density at radius 3 is 2.52 bits per heavy atom. The molecule has 0 saturated carbocycles. The lowest BCUT2D eigenvalue weighted by molar-refractivity contribution is -0.147. The summed E-state index contributed by atoms with van der Waals surface area (Å²) in [5, 5.41) is 0. The SMILES string of the molecule is CC(C)(C)OC(=O)N1C2C[C@H](C(=O)N3CCc4ccccc4[C@@H]3c3ccc(F)cc3)OC[C@@H]21. The third-order valence-corrected chi connectivity index (χ3v) is 6.62. The summed E-state index contributed by atoms with van der Waals surface area (Å²) in [5.41, 5.74) is 2.55. The zero-order valence-corrected chi connectivity index (χ0v) is 19.2. The van der Waals surface area contributed by atoms with E-state index in [4.69, 9.17) is 9.47 Å². The van der Waals surface area contributed by atoms with E-state index in [1.54, 1.807) is 17.0 Å². The second-order valence-electron chi connectivity index (χ2n) is 10.0. The number of carbonyl (C=O) groups is 2. The minimum atomic E-state index is -0.619. The summed E-state index contributed by atoms with van der Waals surface area (Å²) >= 11 is 0. The molecule has 33 heavy (non-hydrogen) atoms. The molecule has 4 atom stereocenters. The first kappa shape index (κ1) is 21.9. The van der Waals surface area contributed by atoms with Crippen LogP contribution in [-0.4, -0.2) is 58.7 Å². The average Bonchev–Trinajstić information content (AvgIpc) is 3.51. The van der Waals surface area contributed by atoms with Crippen molar-refractivity contribution in [3.8, 4) is 0 Å². The van der Waals surface area contributed by atoms with Crippen molar-refractivity contribution in [3.63, 3.8) is 0 Å². The fourth-order valence-electron chi connectivity index (χ4n) is 5.05. The fourth-order valence-corrected chi connectivity index (χ4v) is 5.05. The van der Waals surface area contributed by atoms with Gasteiger partial charge >= 0.3 is 6.09 Å². The lowest BCUT2D eigenvalue weighted by Crippen LogP contribution is -2.48. The van der Waals surface area contributed by atoms with E-state index < -0.39 is 11.7 Å². The van der Waals surface area contributed by atoms with Crippen molar-refractivity contribution >= 4 is 12.0 Å². The van der Waals surface area contributed by atoms with E-state index in [-0.39, 0.29) is 35.9 Å². The summed E-state index contributed by atoms with van der Waals surface area (Å²) < 4.78 is 25.0. The minimum Gasteiger partial charge on any atom is -0.444 e. The van der Waals surface area contributed by atoms with Crippen LogP contribution >= 0.6 is 0 Å². The summed E-state index contributed by atoms with van der Waals surface area (Å²) in [6, 6.07) is 14.1. The van der Waals surface area contributed by atoms with Gasteiger partial charge in [-0.25, -0.2) is 9.18 Å². The van der Waals surface area contributed by atoms with E-state index in [0.29, 0.717) is 19.6 Å². The van der Waals surface area contributed by atoms with Crippen LogP contribution in [0.15, 0.2) is 48.5 Å². The molecule has 2 fully saturated rings. The quantitative estimate of drug-likeness (QED) is 0.645. The molecule has 0 bridgehead atoms. The average molecular weight is 453 g/mol. The van der Waals surface area contributed by atoms with Crippen LogP contribution in [0.2, 0.25) is 0 Å². The topological polar surface area (TPSA) is 58.9 Å². The van der Waals surface area contributed by atoms with E-state index in [0.717, 1.165) is 17.5 Å². The number of amides is 2. The van der Waals surface area contributed by atoms with E-state index in [1.165, 1.54) is 17.7 Å². The number of benzene rings is 2. The Morgan fingerprint density at radius 2 is 1.79 bits per heavy atom. The van der Waals surface area contributed by atoms with Crippen molar-refractivity contribution in [1.82, 2.24) is 9.80 Å². The molecule has 0 spiro atoms. The molecule has 1 unspecified atom stereocenters. The van der Waals surface area contributed by atoms with E-state index in [9.17, 15) is 14.0 Å². The minimum absolute atomic E-state index is 0.0288. The van der Waals surface area contributed by atoms with E-state index >= 15 is 0 Å². The first-order valence-electron chi connectivity index (χ1n) is 11.5. The fraction of sp³-hybridized carbons (Fsp3) is 0.462. The van der Waals surface area contributed by atoms with Crippen LogP contribution in [0.25, 0.3) is 0 Å². The second kappa shape index (κ2) is 8.13. The Labute approximate surface area is 193 Å². The Bertz CT molecular complexity index is 1060. The van der Waals surface area contributed by atoms with Gasteiger partial charge in [0.2, 0.25) is 0 Å². The molecule has 2 saturated heterocycles. The largest absolute Gasteiger partial charge is 0.444 e. The van der Waals surface area contributed by atoms with Gasteiger partial charge in [-0.3, -0.25) is 9.69 Å². The van der Waals surface area contributed by atoms with Gasteiger partial charge in [-0.05, 0) is 56.0 Å². The molecule has 174 valence electrons. The predicted octanol–water partition coefficient (Wildman–Crippen LogP) is 4.08. The molecule has 3 heterocycles. The summed E-state index contributed by atoms with van der Waals surface area (Å²) in [6.07, 6.45) is 0.233. The Morgan fingerprint density at radius 1 is 1.06 bits per heavy atom. The number of hydrogen-bond donors (Lipinski definition) is 0. The Kier molecular flexibility index (Phi) is 5.40. The zero-order chi connectivity index (χ0) is 23.3. The second-order valence-corrected chi connectivity index (χ2v) is 10.0. The summed E-state index contributed by atoms with van der Waals surface area (Å²) in [4.78, 5) is 29.7. The van der Waals surface area contributed by atoms with Gasteiger partial charge in [-0.2, -0.15) is 0 Å². The maximum atomic E-state index is 13.7. The highest BCUT2D eigenvalue weighted by Crippen LogP contribution is 2.41. The van der Waals surface area contributed by atoms with Crippen LogP contribution < -0.4 is 0 Å². The number of halogens is 1. The smallest absolute Gasteiger partial charge is 0.411 e. The molecule has 2 aromatic rings. The predicted molar refractivity (Wildman–Crippen MR) is 120 cm³/mol. The molecule has 7 heteroatoms. The van der Waals surface area contributed by atoms with Crippen LogP contribution in [0.4, 0.5) is 9.18 Å². The van der Waals surface area contributed by atoms with Gasteiger partial charge < -0.3 is 14.4 Å². The third kappa shape index (κ3) is 4.22. The molecule has 6 nitrogen and oxygen atoms in total. The van der Waals surface area contributed by atoms with Crippen LogP contribution in [0.1, 0.15) is 49.9 Å². The van der Waals surface area contributed by atoms with Gasteiger partial charge in [0.1, 0.15) is 17.5 Å². The molecule has 0 radical (unpaired) electrons. The highest BCUT2D eigenvalue weighted by atomic mass is 19.1. The number of fused-ring (bicyclic) bond motifs is 2. The van der Waals surface area contributed by atoms with Crippen molar-refractivity contribution in [2.24, 2.45) is 0 Å². The monoisotopic (exact) mass is 452 g/mol. The van der Waals surface area contributed by atoms with Crippen LogP contribution in [0, 0.1) is 5.82 Å². The Balaban J connectivity index is 1.36. The zero-order valence-electron chi connectivity index (χ0n) is 19.2. The first-order chi connectivity index (χ1) is 15.7. The van der Waals surface area contributed by atoms with Gasteiger partial charge in [-0.15, -0.1) is 0 Å². The lowest BCUT2D eigenvalue weighted by atomic mass is 9.87. The van der Waals surface area contributed by atoms with Crippen molar-refractivity contribution in [2.75, 3.05) is 13.2 Å². The van der Waals surface area contributed by atoms with E-state index in [1.807, 2.05) is 43.9 Å². The molecule has 5 rings (SSSR count). The third-order valence-electron chi connectivity index (χ3n) is 6.62. The Hall–Kier alpha value is -2.93.